The highest BCUT2D eigenvalue weighted by molar-refractivity contribution is 5.85. The second kappa shape index (κ2) is 15.8. The van der Waals surface area contributed by atoms with Gasteiger partial charge in [0.15, 0.2) is 6.29 Å². The molecule has 1 aromatic carbocycles. The molecule has 2 aliphatic carbocycles. The number of nitrogens with one attached hydrogen (secondary N) is 2. The molecule has 3 aromatic rings. The average Bonchev–Trinajstić information content (AvgIpc) is 3.40. The van der Waals surface area contributed by atoms with Gasteiger partial charge in [-0.3, -0.25) is 9.20 Å². The first-order valence-corrected chi connectivity index (χ1v) is 14.7. The van der Waals surface area contributed by atoms with E-state index >= 15 is 0 Å². The molecule has 0 saturated carbocycles. The number of benzene rings is 1. The lowest BCUT2D eigenvalue weighted by atomic mass is 9.90. The molecular weight excluding hydrogens is 504 g/mol. The minimum atomic E-state index is 0.0933. The van der Waals surface area contributed by atoms with Crippen molar-refractivity contribution in [3.05, 3.63) is 126 Å². The molecular formula is C36H46N4O. The van der Waals surface area contributed by atoms with Gasteiger partial charge in [-0.1, -0.05) is 99.4 Å². The molecule has 1 atom stereocenters. The number of rotatable bonds is 8. The number of carbonyl (C=O) groups excluding carboxylic acids is 1. The lowest BCUT2D eigenvalue weighted by Gasteiger charge is -2.26. The molecule has 0 amide bonds. The maximum atomic E-state index is 11.8. The summed E-state index contributed by atoms with van der Waals surface area (Å²) < 4.78 is 1.93. The summed E-state index contributed by atoms with van der Waals surface area (Å²) in [5.74, 6) is 0.296. The van der Waals surface area contributed by atoms with Crippen LogP contribution in [-0.2, 0) is 5.54 Å². The lowest BCUT2D eigenvalue weighted by molar-refractivity contribution is 0.111. The Morgan fingerprint density at radius 3 is 2.46 bits per heavy atom. The Morgan fingerprint density at radius 2 is 1.85 bits per heavy atom. The van der Waals surface area contributed by atoms with Gasteiger partial charge < -0.3 is 10.6 Å². The monoisotopic (exact) mass is 550 g/mol. The summed E-state index contributed by atoms with van der Waals surface area (Å²) in [6.45, 7) is 14.5. The minimum absolute atomic E-state index is 0.0933. The van der Waals surface area contributed by atoms with Crippen molar-refractivity contribution < 1.29 is 4.79 Å². The molecule has 2 N–H and O–H groups in total. The van der Waals surface area contributed by atoms with E-state index in [4.69, 9.17) is 4.98 Å². The van der Waals surface area contributed by atoms with Crippen molar-refractivity contribution in [2.45, 2.75) is 58.4 Å². The Labute approximate surface area is 246 Å². The first-order chi connectivity index (χ1) is 19.9. The third kappa shape index (κ3) is 8.59. The van der Waals surface area contributed by atoms with Gasteiger partial charge in [-0.15, -0.1) is 0 Å². The SMILES string of the molecule is C=CC1=CC(c2ccc3nc(C4=CC=CCC4)c(C=O)n3c2)CC=C1.CCNC.CCNC(C)(C)c1ccccc1. The van der Waals surface area contributed by atoms with E-state index in [1.54, 1.807) is 0 Å². The van der Waals surface area contributed by atoms with Gasteiger partial charge in [0.25, 0.3) is 0 Å². The molecule has 2 aliphatic rings. The summed E-state index contributed by atoms with van der Waals surface area (Å²) >= 11 is 0. The van der Waals surface area contributed by atoms with Crippen LogP contribution in [0.4, 0.5) is 0 Å². The average molecular weight is 551 g/mol. The van der Waals surface area contributed by atoms with E-state index in [1.807, 2.05) is 35.7 Å². The van der Waals surface area contributed by atoms with E-state index in [2.05, 4.69) is 112 Å². The summed E-state index contributed by atoms with van der Waals surface area (Å²) in [6, 6.07) is 14.6. The zero-order chi connectivity index (χ0) is 29.7. The van der Waals surface area contributed by atoms with Gasteiger partial charge in [0.05, 0.1) is 5.69 Å². The van der Waals surface area contributed by atoms with Gasteiger partial charge >= 0.3 is 0 Å². The minimum Gasteiger partial charge on any atom is -0.320 e. The molecule has 2 aromatic heterocycles. The van der Waals surface area contributed by atoms with E-state index in [1.165, 1.54) is 11.1 Å². The Hall–Kier alpha value is -3.80. The number of hydrogen-bond donors (Lipinski definition) is 2. The molecule has 5 nitrogen and oxygen atoms in total. The van der Waals surface area contributed by atoms with E-state index in [9.17, 15) is 4.79 Å². The van der Waals surface area contributed by atoms with Crippen LogP contribution in [-0.4, -0.2) is 35.8 Å². The molecule has 5 rings (SSSR count). The van der Waals surface area contributed by atoms with Gasteiger partial charge in [0.2, 0.25) is 0 Å². The smallest absolute Gasteiger partial charge is 0.169 e. The van der Waals surface area contributed by atoms with Crippen LogP contribution in [0.15, 0.2) is 103 Å². The van der Waals surface area contributed by atoms with Crippen molar-refractivity contribution in [1.29, 1.82) is 0 Å². The number of imidazole rings is 1. The highest BCUT2D eigenvalue weighted by Gasteiger charge is 2.19. The Balaban J connectivity index is 0.000000241. The quantitative estimate of drug-likeness (QED) is 0.281. The molecule has 1 unspecified atom stereocenters. The zero-order valence-corrected chi connectivity index (χ0v) is 25.4. The van der Waals surface area contributed by atoms with Crippen LogP contribution in [0.5, 0.6) is 0 Å². The van der Waals surface area contributed by atoms with Crippen LogP contribution in [0.25, 0.3) is 11.2 Å². The highest BCUT2D eigenvalue weighted by atomic mass is 16.1. The first kappa shape index (κ1) is 31.7. The largest absolute Gasteiger partial charge is 0.320 e. The van der Waals surface area contributed by atoms with Gasteiger partial charge in [0, 0.05) is 17.7 Å². The van der Waals surface area contributed by atoms with Crippen molar-refractivity contribution in [2.24, 2.45) is 0 Å². The van der Waals surface area contributed by atoms with E-state index in [0.29, 0.717) is 11.6 Å². The number of hydrogen-bond acceptors (Lipinski definition) is 4. The van der Waals surface area contributed by atoms with Gasteiger partial charge in [-0.2, -0.15) is 0 Å². The number of fused-ring (bicyclic) bond motifs is 1. The number of nitrogens with zero attached hydrogens (tertiary/aromatic N) is 2. The second-order valence-electron chi connectivity index (χ2n) is 10.7. The van der Waals surface area contributed by atoms with Gasteiger partial charge in [-0.05, 0) is 81.6 Å². The highest BCUT2D eigenvalue weighted by Crippen LogP contribution is 2.30. The maximum absolute atomic E-state index is 11.8. The summed E-state index contributed by atoms with van der Waals surface area (Å²) in [5, 5.41) is 6.37. The van der Waals surface area contributed by atoms with Crippen molar-refractivity contribution >= 4 is 17.5 Å². The standard InChI is InChI=1S/C22H20N2O.C11H17N.C3H9N/c1-2-16-7-6-10-18(13-16)19-11-12-21-23-22(17-8-4-3-5-9-17)20(15-25)24(21)14-19;1-4-12-11(2,3)10-8-6-5-7-9-10;1-3-4-2/h2-4,6-8,11-15,18H,1,5,9-10H2;5-9,12H,4H2,1-3H3;4H,3H2,1-2H3. The number of allylic oxidation sites excluding steroid dienone is 9. The number of pyridine rings is 1. The predicted octanol–water partition coefficient (Wildman–Crippen LogP) is 7.79. The fourth-order valence-corrected chi connectivity index (χ4v) is 4.92. The predicted molar refractivity (Wildman–Crippen MR) is 174 cm³/mol. The first-order valence-electron chi connectivity index (χ1n) is 14.7. The number of aromatic nitrogens is 2. The van der Waals surface area contributed by atoms with E-state index < -0.39 is 0 Å². The fourth-order valence-electron chi connectivity index (χ4n) is 4.92. The van der Waals surface area contributed by atoms with Crippen molar-refractivity contribution in [3.8, 4) is 0 Å². The van der Waals surface area contributed by atoms with Gasteiger partial charge in [-0.25, -0.2) is 4.98 Å². The van der Waals surface area contributed by atoms with Crippen molar-refractivity contribution in [3.63, 3.8) is 0 Å². The van der Waals surface area contributed by atoms with Crippen LogP contribution in [0.2, 0.25) is 0 Å². The molecule has 5 heteroatoms. The molecule has 0 fully saturated rings. The molecule has 41 heavy (non-hydrogen) atoms. The summed E-state index contributed by atoms with van der Waals surface area (Å²) in [4.78, 5) is 16.5. The maximum Gasteiger partial charge on any atom is 0.169 e. The summed E-state index contributed by atoms with van der Waals surface area (Å²) in [6.07, 6.45) is 20.4. The Bertz CT molecular complexity index is 1400. The third-order valence-corrected chi connectivity index (χ3v) is 7.33. The van der Waals surface area contributed by atoms with Gasteiger partial charge in [0.1, 0.15) is 11.3 Å². The van der Waals surface area contributed by atoms with Crippen molar-refractivity contribution in [1.82, 2.24) is 20.0 Å². The van der Waals surface area contributed by atoms with Crippen LogP contribution >= 0.6 is 0 Å². The Morgan fingerprint density at radius 1 is 1.10 bits per heavy atom. The molecule has 0 radical (unpaired) electrons. The molecule has 0 bridgehead atoms. The molecule has 0 saturated heterocycles. The van der Waals surface area contributed by atoms with Crippen LogP contribution in [0, 0.1) is 0 Å². The molecule has 0 aliphatic heterocycles. The molecule has 0 spiro atoms. The fraction of sp³-hybridized carbons (Fsp3) is 0.333. The molecule has 2 heterocycles. The normalized spacial score (nSPS) is 16.1. The topological polar surface area (TPSA) is 58.4 Å². The second-order valence-corrected chi connectivity index (χ2v) is 10.7. The summed E-state index contributed by atoms with van der Waals surface area (Å²) in [5.41, 5.74) is 7.14. The van der Waals surface area contributed by atoms with Crippen LogP contribution < -0.4 is 10.6 Å². The Kier molecular flexibility index (Phi) is 12.3. The zero-order valence-electron chi connectivity index (χ0n) is 25.4. The van der Waals surface area contributed by atoms with E-state index in [0.717, 1.165) is 61.1 Å². The van der Waals surface area contributed by atoms with Crippen molar-refractivity contribution in [2.75, 3.05) is 20.1 Å². The third-order valence-electron chi connectivity index (χ3n) is 7.33. The number of carbonyl (C=O) groups is 1. The number of aldehydes is 1. The lowest BCUT2D eigenvalue weighted by Crippen LogP contribution is -2.36. The molecule has 216 valence electrons. The summed E-state index contributed by atoms with van der Waals surface area (Å²) in [7, 11) is 1.93. The van der Waals surface area contributed by atoms with Crippen LogP contribution in [0.1, 0.15) is 80.2 Å². The van der Waals surface area contributed by atoms with E-state index in [-0.39, 0.29) is 5.54 Å². The van der Waals surface area contributed by atoms with Crippen LogP contribution in [0.3, 0.4) is 0 Å².